The highest BCUT2D eigenvalue weighted by molar-refractivity contribution is 7.89. The van der Waals surface area contributed by atoms with Gasteiger partial charge < -0.3 is 4.74 Å². The molecule has 0 N–H and O–H groups in total. The number of fused-ring (bicyclic) bond motifs is 1. The second kappa shape index (κ2) is 7.35. The number of halogens is 1. The molecule has 0 atom stereocenters. The van der Waals surface area contributed by atoms with Crippen LogP contribution in [0, 0.1) is 0 Å². The first-order chi connectivity index (χ1) is 13.0. The van der Waals surface area contributed by atoms with Gasteiger partial charge in [0, 0.05) is 18.1 Å². The maximum atomic E-state index is 13.0. The maximum absolute atomic E-state index is 13.0. The van der Waals surface area contributed by atoms with Crippen LogP contribution in [0.15, 0.2) is 77.7 Å². The van der Waals surface area contributed by atoms with Gasteiger partial charge in [-0.05, 0) is 66.1 Å². The molecule has 1 aliphatic rings. The van der Waals surface area contributed by atoms with Crippen LogP contribution in [-0.2, 0) is 23.0 Å². The summed E-state index contributed by atoms with van der Waals surface area (Å²) >= 11 is 5.86. The Labute approximate surface area is 164 Å². The number of hydrogen-bond acceptors (Lipinski definition) is 3. The molecule has 0 spiro atoms. The summed E-state index contributed by atoms with van der Waals surface area (Å²) < 4.78 is 33.2. The molecule has 0 unspecified atom stereocenters. The normalized spacial score (nSPS) is 14.6. The predicted molar refractivity (Wildman–Crippen MR) is 106 cm³/mol. The van der Waals surface area contributed by atoms with Crippen LogP contribution >= 0.6 is 11.6 Å². The monoisotopic (exact) mass is 399 g/mol. The van der Waals surface area contributed by atoms with Crippen LogP contribution in [0.5, 0.6) is 11.5 Å². The zero-order valence-corrected chi connectivity index (χ0v) is 16.1. The van der Waals surface area contributed by atoms with E-state index in [4.69, 9.17) is 16.3 Å². The first-order valence-corrected chi connectivity index (χ1v) is 10.4. The van der Waals surface area contributed by atoms with E-state index in [1.807, 2.05) is 18.2 Å². The smallest absolute Gasteiger partial charge is 0.243 e. The Morgan fingerprint density at radius 2 is 1.41 bits per heavy atom. The van der Waals surface area contributed by atoms with Gasteiger partial charge >= 0.3 is 0 Å². The van der Waals surface area contributed by atoms with E-state index in [-0.39, 0.29) is 4.90 Å². The molecule has 0 aromatic heterocycles. The van der Waals surface area contributed by atoms with Crippen molar-refractivity contribution in [3.8, 4) is 11.5 Å². The molecule has 0 saturated carbocycles. The summed E-state index contributed by atoms with van der Waals surface area (Å²) in [6.07, 6.45) is 0.729. The van der Waals surface area contributed by atoms with Crippen LogP contribution < -0.4 is 4.74 Å². The molecule has 0 radical (unpaired) electrons. The van der Waals surface area contributed by atoms with E-state index >= 15 is 0 Å². The summed E-state index contributed by atoms with van der Waals surface area (Å²) in [7, 11) is -3.54. The highest BCUT2D eigenvalue weighted by Gasteiger charge is 2.28. The van der Waals surface area contributed by atoms with E-state index in [1.54, 1.807) is 48.5 Å². The molecule has 0 fully saturated rings. The summed E-state index contributed by atoms with van der Waals surface area (Å²) in [6, 6.07) is 21.5. The molecule has 1 aliphatic heterocycles. The largest absolute Gasteiger partial charge is 0.457 e. The van der Waals surface area contributed by atoms with Gasteiger partial charge in [-0.2, -0.15) is 4.31 Å². The molecule has 6 heteroatoms. The zero-order chi connectivity index (χ0) is 18.9. The average Bonchev–Trinajstić information content (AvgIpc) is 2.70. The van der Waals surface area contributed by atoms with Gasteiger partial charge in [0.25, 0.3) is 0 Å². The molecule has 0 aliphatic carbocycles. The minimum absolute atomic E-state index is 0.269. The minimum atomic E-state index is -3.54. The lowest BCUT2D eigenvalue weighted by Gasteiger charge is -2.28. The lowest BCUT2D eigenvalue weighted by molar-refractivity contribution is 0.391. The van der Waals surface area contributed by atoms with Gasteiger partial charge in [0.1, 0.15) is 11.5 Å². The second-order valence-electron chi connectivity index (χ2n) is 6.38. The molecule has 3 aromatic rings. The van der Waals surface area contributed by atoms with Crippen LogP contribution in [-0.4, -0.2) is 19.3 Å². The fourth-order valence-electron chi connectivity index (χ4n) is 3.14. The number of benzene rings is 3. The third-order valence-electron chi connectivity index (χ3n) is 4.61. The standard InChI is InChI=1S/C21H18ClNO3S/c22-18-5-7-19(8-6-18)26-20-9-11-21(12-10-20)27(24,25)23-14-13-16-3-1-2-4-17(16)15-23/h1-12H,13-15H2. The summed E-state index contributed by atoms with van der Waals surface area (Å²) in [5, 5.41) is 0.631. The molecule has 0 amide bonds. The fourth-order valence-corrected chi connectivity index (χ4v) is 4.69. The van der Waals surface area contributed by atoms with Crippen molar-refractivity contribution in [2.75, 3.05) is 6.54 Å². The molecule has 0 bridgehead atoms. The Kier molecular flexibility index (Phi) is 4.91. The minimum Gasteiger partial charge on any atom is -0.457 e. The maximum Gasteiger partial charge on any atom is 0.243 e. The summed E-state index contributed by atoms with van der Waals surface area (Å²) in [6.45, 7) is 0.893. The Bertz CT molecular complexity index is 1050. The van der Waals surface area contributed by atoms with Crippen molar-refractivity contribution < 1.29 is 13.2 Å². The Morgan fingerprint density at radius 3 is 2.07 bits per heavy atom. The second-order valence-corrected chi connectivity index (χ2v) is 8.76. The van der Waals surface area contributed by atoms with Crippen LogP contribution in [0.25, 0.3) is 0 Å². The quantitative estimate of drug-likeness (QED) is 0.628. The van der Waals surface area contributed by atoms with Crippen molar-refractivity contribution in [3.63, 3.8) is 0 Å². The lowest BCUT2D eigenvalue weighted by atomic mass is 10.0. The van der Waals surface area contributed by atoms with Crippen molar-refractivity contribution >= 4 is 21.6 Å². The molecule has 4 nitrogen and oxygen atoms in total. The molecule has 138 valence electrons. The van der Waals surface area contributed by atoms with Gasteiger partial charge in [0.2, 0.25) is 10.0 Å². The molecule has 3 aromatic carbocycles. The van der Waals surface area contributed by atoms with Crippen molar-refractivity contribution in [1.82, 2.24) is 4.31 Å². The van der Waals surface area contributed by atoms with Crippen molar-refractivity contribution in [2.24, 2.45) is 0 Å². The SMILES string of the molecule is O=S(=O)(c1ccc(Oc2ccc(Cl)cc2)cc1)N1CCc2ccccc2C1. The number of hydrogen-bond donors (Lipinski definition) is 0. The van der Waals surface area contributed by atoms with E-state index < -0.39 is 10.0 Å². The molecular weight excluding hydrogens is 382 g/mol. The third-order valence-corrected chi connectivity index (χ3v) is 6.72. The van der Waals surface area contributed by atoms with E-state index in [1.165, 1.54) is 9.87 Å². The number of nitrogens with zero attached hydrogens (tertiary/aromatic N) is 1. The van der Waals surface area contributed by atoms with E-state index in [0.717, 1.165) is 12.0 Å². The lowest BCUT2D eigenvalue weighted by Crippen LogP contribution is -2.35. The van der Waals surface area contributed by atoms with Crippen LogP contribution in [0.3, 0.4) is 0 Å². The first kappa shape index (κ1) is 18.0. The van der Waals surface area contributed by atoms with Crippen molar-refractivity contribution in [2.45, 2.75) is 17.9 Å². The molecule has 1 heterocycles. The third kappa shape index (κ3) is 3.86. The fraction of sp³-hybridized carbons (Fsp3) is 0.143. The van der Waals surface area contributed by atoms with Gasteiger partial charge in [0.05, 0.1) is 4.90 Å². The van der Waals surface area contributed by atoms with Crippen LogP contribution in [0.2, 0.25) is 5.02 Å². The van der Waals surface area contributed by atoms with Gasteiger partial charge in [-0.25, -0.2) is 8.42 Å². The molecular formula is C21H18ClNO3S. The zero-order valence-electron chi connectivity index (χ0n) is 14.5. The predicted octanol–water partition coefficient (Wildman–Crippen LogP) is 4.88. The summed E-state index contributed by atoms with van der Waals surface area (Å²) in [5.41, 5.74) is 2.28. The van der Waals surface area contributed by atoms with Gasteiger partial charge in [0.15, 0.2) is 0 Å². The highest BCUT2D eigenvalue weighted by atomic mass is 35.5. The summed E-state index contributed by atoms with van der Waals surface area (Å²) in [4.78, 5) is 0.269. The van der Waals surface area contributed by atoms with Gasteiger partial charge in [-0.3, -0.25) is 0 Å². The van der Waals surface area contributed by atoms with E-state index in [9.17, 15) is 8.42 Å². The molecule has 4 rings (SSSR count). The number of sulfonamides is 1. The summed E-state index contributed by atoms with van der Waals surface area (Å²) in [5.74, 6) is 1.21. The number of ether oxygens (including phenoxy) is 1. The average molecular weight is 400 g/mol. The van der Waals surface area contributed by atoms with Crippen LogP contribution in [0.1, 0.15) is 11.1 Å². The molecule has 27 heavy (non-hydrogen) atoms. The Balaban J connectivity index is 1.52. The van der Waals surface area contributed by atoms with Crippen molar-refractivity contribution in [3.05, 3.63) is 88.9 Å². The van der Waals surface area contributed by atoms with Crippen LogP contribution in [0.4, 0.5) is 0 Å². The van der Waals surface area contributed by atoms with Gasteiger partial charge in [-0.15, -0.1) is 0 Å². The van der Waals surface area contributed by atoms with E-state index in [2.05, 4.69) is 6.07 Å². The Morgan fingerprint density at radius 1 is 0.815 bits per heavy atom. The number of rotatable bonds is 4. The topological polar surface area (TPSA) is 46.6 Å². The Hall–Kier alpha value is -2.34. The molecule has 0 saturated heterocycles. The van der Waals surface area contributed by atoms with E-state index in [0.29, 0.717) is 29.6 Å². The van der Waals surface area contributed by atoms with Gasteiger partial charge in [-0.1, -0.05) is 35.9 Å². The van der Waals surface area contributed by atoms with Crippen molar-refractivity contribution in [1.29, 1.82) is 0 Å². The highest BCUT2D eigenvalue weighted by Crippen LogP contribution is 2.28. The first-order valence-electron chi connectivity index (χ1n) is 8.63.